The van der Waals surface area contributed by atoms with Crippen molar-refractivity contribution in [2.45, 2.75) is 14.7 Å². The van der Waals surface area contributed by atoms with Gasteiger partial charge in [-0.2, -0.15) is 15.3 Å². The predicted octanol–water partition coefficient (Wildman–Crippen LogP) is 4.41. The molecule has 1 aliphatic rings. The minimum Gasteiger partial charge on any atom is -0.395 e. The van der Waals surface area contributed by atoms with Gasteiger partial charge in [-0.15, -0.1) is 22.7 Å². The van der Waals surface area contributed by atoms with Crippen molar-refractivity contribution in [3.8, 4) is 15.8 Å². The number of likely N-dealkylation sites (N-methyl/N-ethyl adjacent to an activating group) is 1. The fraction of sp³-hybridized carbons (Fsp3) is 0.227. The smallest absolute Gasteiger partial charge is 0.238 e. The fourth-order valence-corrected chi connectivity index (χ4v) is 10.3. The van der Waals surface area contributed by atoms with Crippen molar-refractivity contribution in [1.82, 2.24) is 0 Å². The van der Waals surface area contributed by atoms with Crippen LogP contribution < -0.4 is 10.0 Å². The molecule has 0 spiro atoms. The third-order valence-electron chi connectivity index (χ3n) is 5.42. The number of nitriles is 1. The SMILES string of the molecule is CN(CCO)c1cc2c(s1)-c1sc(/C=C(\C#N)c3ccc(S(N)(=O)=O)cc3)cc1S2(C)C. The van der Waals surface area contributed by atoms with Gasteiger partial charge >= 0.3 is 0 Å². The third kappa shape index (κ3) is 4.01. The molecule has 2 aromatic heterocycles. The van der Waals surface area contributed by atoms with E-state index in [1.54, 1.807) is 34.8 Å². The topological polar surface area (TPSA) is 107 Å². The number of aliphatic hydroxyl groups excluding tert-OH is 1. The van der Waals surface area contributed by atoms with Crippen LogP contribution >= 0.6 is 32.7 Å². The van der Waals surface area contributed by atoms with Crippen LogP contribution in [0.3, 0.4) is 0 Å². The van der Waals surface area contributed by atoms with E-state index in [-0.39, 0.29) is 11.5 Å². The molecule has 6 nitrogen and oxygen atoms in total. The molecule has 0 aliphatic carbocycles. The molecule has 3 aromatic rings. The Morgan fingerprint density at radius 1 is 1.19 bits per heavy atom. The molecule has 0 saturated heterocycles. The van der Waals surface area contributed by atoms with Crippen LogP contribution in [0.4, 0.5) is 5.00 Å². The number of sulfonamides is 1. The molecule has 0 fully saturated rings. The number of rotatable bonds is 6. The highest BCUT2D eigenvalue weighted by Gasteiger charge is 2.36. The number of anilines is 1. The highest BCUT2D eigenvalue weighted by molar-refractivity contribution is 8.33. The minimum atomic E-state index is -3.77. The quantitative estimate of drug-likeness (QED) is 0.483. The summed E-state index contributed by atoms with van der Waals surface area (Å²) < 4.78 is 23.0. The molecule has 1 aliphatic heterocycles. The zero-order valence-electron chi connectivity index (χ0n) is 17.8. The number of benzene rings is 1. The monoisotopic (exact) mass is 505 g/mol. The number of nitrogens with zero attached hydrogens (tertiary/aromatic N) is 2. The van der Waals surface area contributed by atoms with E-state index in [4.69, 9.17) is 5.14 Å². The van der Waals surface area contributed by atoms with Crippen LogP contribution in [0.25, 0.3) is 21.4 Å². The Morgan fingerprint density at radius 2 is 1.81 bits per heavy atom. The summed E-state index contributed by atoms with van der Waals surface area (Å²) in [4.78, 5) is 8.32. The standard InChI is InChI=1S/C22H23N3O3S4/c1-25(8-9-26)20-12-19-22(30-20)21-18(31(19,2)3)11-16(29-21)10-15(13-23)14-4-6-17(7-5-14)32(24,27)28/h4-7,10-12,26H,8-9H2,1-3H3,(H2,24,27,28)/b15-10+. The number of thiophene rings is 2. The van der Waals surface area contributed by atoms with Crippen molar-refractivity contribution in [3.63, 3.8) is 0 Å². The second kappa shape index (κ2) is 8.33. The summed E-state index contributed by atoms with van der Waals surface area (Å²) in [6.45, 7) is 0.708. The molecule has 1 aromatic carbocycles. The molecular weight excluding hydrogens is 483 g/mol. The van der Waals surface area contributed by atoms with Crippen LogP contribution in [0.5, 0.6) is 0 Å². The first-order valence-corrected chi connectivity index (χ1v) is 15.3. The molecule has 10 heteroatoms. The Labute approximate surface area is 197 Å². The van der Waals surface area contributed by atoms with Crippen molar-refractivity contribution >= 4 is 59.4 Å². The van der Waals surface area contributed by atoms with Gasteiger partial charge in [-0.05, 0) is 48.4 Å². The van der Waals surface area contributed by atoms with Gasteiger partial charge in [0, 0.05) is 28.3 Å². The van der Waals surface area contributed by atoms with Gasteiger partial charge in [0.05, 0.1) is 37.9 Å². The van der Waals surface area contributed by atoms with E-state index in [0.717, 1.165) is 9.88 Å². The lowest BCUT2D eigenvalue weighted by Crippen LogP contribution is -2.19. The van der Waals surface area contributed by atoms with E-state index in [1.165, 1.54) is 31.7 Å². The third-order valence-corrected chi connectivity index (χ3v) is 11.9. The summed E-state index contributed by atoms with van der Waals surface area (Å²) in [6, 6.07) is 12.7. The van der Waals surface area contributed by atoms with Crippen LogP contribution in [0, 0.1) is 11.3 Å². The van der Waals surface area contributed by atoms with Gasteiger partial charge in [-0.1, -0.05) is 12.1 Å². The molecule has 3 heterocycles. The Bertz CT molecular complexity index is 1360. The number of fused-ring (bicyclic) bond motifs is 3. The van der Waals surface area contributed by atoms with Gasteiger partial charge in [0.2, 0.25) is 10.0 Å². The summed E-state index contributed by atoms with van der Waals surface area (Å²) in [5, 5.41) is 25.3. The molecule has 32 heavy (non-hydrogen) atoms. The van der Waals surface area contributed by atoms with Gasteiger partial charge in [0.15, 0.2) is 0 Å². The first-order chi connectivity index (χ1) is 15.1. The summed E-state index contributed by atoms with van der Waals surface area (Å²) in [5.41, 5.74) is 1.11. The predicted molar refractivity (Wildman–Crippen MR) is 135 cm³/mol. The molecule has 0 bridgehead atoms. The summed E-state index contributed by atoms with van der Waals surface area (Å²) in [7, 11) is -2.94. The molecule has 0 radical (unpaired) electrons. The van der Waals surface area contributed by atoms with Gasteiger partial charge in [0.25, 0.3) is 0 Å². The van der Waals surface area contributed by atoms with Crippen LogP contribution in [0.2, 0.25) is 0 Å². The molecule has 0 atom stereocenters. The van der Waals surface area contributed by atoms with Gasteiger partial charge in [-0.3, -0.25) is 0 Å². The number of nitrogens with two attached hydrogens (primary N) is 1. The van der Waals surface area contributed by atoms with Gasteiger partial charge in [0.1, 0.15) is 0 Å². The lowest BCUT2D eigenvalue weighted by molar-refractivity contribution is 0.304. The second-order valence-corrected chi connectivity index (χ2v) is 15.0. The maximum Gasteiger partial charge on any atom is 0.238 e. The number of allylic oxidation sites excluding steroid dienone is 1. The van der Waals surface area contributed by atoms with Crippen molar-refractivity contribution in [1.29, 1.82) is 5.26 Å². The molecule has 0 unspecified atom stereocenters. The lowest BCUT2D eigenvalue weighted by atomic mass is 10.1. The van der Waals surface area contributed by atoms with E-state index in [0.29, 0.717) is 17.7 Å². The van der Waals surface area contributed by atoms with E-state index >= 15 is 0 Å². The van der Waals surface area contributed by atoms with Crippen molar-refractivity contribution in [2.75, 3.05) is 37.6 Å². The Hall–Kier alpha value is -2.13. The highest BCUT2D eigenvalue weighted by Crippen LogP contribution is 2.71. The minimum absolute atomic E-state index is 0.0196. The highest BCUT2D eigenvalue weighted by atomic mass is 32.3. The normalized spacial score (nSPS) is 15.7. The zero-order valence-corrected chi connectivity index (χ0v) is 21.1. The first kappa shape index (κ1) is 23.0. The van der Waals surface area contributed by atoms with Crippen LogP contribution in [-0.4, -0.2) is 46.2 Å². The second-order valence-electron chi connectivity index (χ2n) is 7.83. The van der Waals surface area contributed by atoms with Crippen LogP contribution in [-0.2, 0) is 10.0 Å². The van der Waals surface area contributed by atoms with Crippen LogP contribution in [0.15, 0.2) is 51.1 Å². The molecule has 4 rings (SSSR count). The summed E-state index contributed by atoms with van der Waals surface area (Å²) in [6.07, 6.45) is 6.44. The molecular formula is C22H23N3O3S4. The number of hydrogen-bond donors (Lipinski definition) is 2. The molecule has 0 saturated carbocycles. The van der Waals surface area contributed by atoms with Crippen molar-refractivity contribution in [3.05, 3.63) is 46.8 Å². The number of hydrogen-bond acceptors (Lipinski definition) is 7. The average Bonchev–Trinajstić information content (AvgIpc) is 3.40. The Balaban J connectivity index is 1.71. The van der Waals surface area contributed by atoms with Gasteiger partial charge < -0.3 is 10.0 Å². The maximum absolute atomic E-state index is 11.5. The number of aliphatic hydroxyl groups is 1. The van der Waals surface area contributed by atoms with E-state index < -0.39 is 20.1 Å². The van der Waals surface area contributed by atoms with E-state index in [1.807, 2.05) is 13.1 Å². The van der Waals surface area contributed by atoms with Crippen LogP contribution in [0.1, 0.15) is 10.4 Å². The lowest BCUT2D eigenvalue weighted by Gasteiger charge is -2.26. The zero-order chi connectivity index (χ0) is 23.3. The Kier molecular flexibility index (Phi) is 6.00. The van der Waals surface area contributed by atoms with Crippen molar-refractivity contribution in [2.24, 2.45) is 5.14 Å². The first-order valence-electron chi connectivity index (χ1n) is 9.64. The largest absolute Gasteiger partial charge is 0.395 e. The Morgan fingerprint density at radius 3 is 2.41 bits per heavy atom. The number of primary sulfonamides is 1. The van der Waals surface area contributed by atoms with Gasteiger partial charge in [-0.25, -0.2) is 13.6 Å². The fourth-order valence-electron chi connectivity index (χ4n) is 3.61. The molecule has 0 amide bonds. The maximum atomic E-state index is 11.5. The summed E-state index contributed by atoms with van der Waals surface area (Å²) >= 11 is 3.42. The van der Waals surface area contributed by atoms with E-state index in [2.05, 4.69) is 35.6 Å². The molecule has 168 valence electrons. The average molecular weight is 506 g/mol. The van der Waals surface area contributed by atoms with E-state index in [9.17, 15) is 18.8 Å². The summed E-state index contributed by atoms with van der Waals surface area (Å²) in [5.74, 6) is 0. The van der Waals surface area contributed by atoms with Crippen molar-refractivity contribution < 1.29 is 13.5 Å². The molecule has 3 N–H and O–H groups in total.